The summed E-state index contributed by atoms with van der Waals surface area (Å²) in [6, 6.07) is 8.03. The molecule has 1 saturated carbocycles. The molecule has 4 heteroatoms. The van der Waals surface area contributed by atoms with Crippen LogP contribution in [0.3, 0.4) is 0 Å². The molecule has 1 amide bonds. The predicted molar refractivity (Wildman–Crippen MR) is 93.9 cm³/mol. The summed E-state index contributed by atoms with van der Waals surface area (Å²) in [7, 11) is 1.67. The van der Waals surface area contributed by atoms with Crippen molar-refractivity contribution >= 4 is 5.91 Å². The number of hydrogen-bond donors (Lipinski definition) is 2. The summed E-state index contributed by atoms with van der Waals surface area (Å²) < 4.78 is 5.24. The third-order valence-electron chi connectivity index (χ3n) is 4.80. The van der Waals surface area contributed by atoms with Crippen LogP contribution in [0.15, 0.2) is 24.3 Å². The molecule has 0 heterocycles. The van der Waals surface area contributed by atoms with E-state index in [2.05, 4.69) is 29.7 Å². The molecule has 1 aromatic carbocycles. The molecule has 0 bridgehead atoms. The van der Waals surface area contributed by atoms with Crippen LogP contribution in [0.4, 0.5) is 0 Å². The van der Waals surface area contributed by atoms with E-state index in [9.17, 15) is 4.79 Å². The number of methoxy groups -OCH3 is 1. The lowest BCUT2D eigenvalue weighted by molar-refractivity contribution is -0.128. The largest absolute Gasteiger partial charge is 0.497 e. The molecule has 1 aromatic rings. The Morgan fingerprint density at radius 2 is 1.78 bits per heavy atom. The van der Waals surface area contributed by atoms with Gasteiger partial charge in [0.15, 0.2) is 0 Å². The van der Waals surface area contributed by atoms with E-state index in [1.54, 1.807) is 7.11 Å². The molecule has 4 nitrogen and oxygen atoms in total. The fourth-order valence-corrected chi connectivity index (χ4v) is 3.45. The first-order valence-corrected chi connectivity index (χ1v) is 8.86. The minimum Gasteiger partial charge on any atom is -0.497 e. The summed E-state index contributed by atoms with van der Waals surface area (Å²) in [5, 5.41) is 6.48. The zero-order chi connectivity index (χ0) is 16.5. The zero-order valence-electron chi connectivity index (χ0n) is 14.5. The van der Waals surface area contributed by atoms with E-state index in [1.807, 2.05) is 12.1 Å². The van der Waals surface area contributed by atoms with Crippen LogP contribution >= 0.6 is 0 Å². The van der Waals surface area contributed by atoms with E-state index in [1.165, 1.54) is 6.42 Å². The van der Waals surface area contributed by atoms with E-state index >= 15 is 0 Å². The highest BCUT2D eigenvalue weighted by molar-refractivity contribution is 5.88. The van der Waals surface area contributed by atoms with E-state index in [-0.39, 0.29) is 11.3 Å². The molecule has 23 heavy (non-hydrogen) atoms. The predicted octanol–water partition coefficient (Wildman–Crippen LogP) is 3.01. The molecular weight excluding hydrogens is 288 g/mol. The highest BCUT2D eigenvalue weighted by Gasteiger charge is 2.40. The third kappa shape index (κ3) is 4.47. The standard InChI is InChI=1S/C19H30N2O2/c1-3-13-20-14-15-21-18(22)19(11-5-4-6-12-19)16-7-9-17(23-2)10-8-16/h7-10,20H,3-6,11-15H2,1-2H3,(H,21,22). The van der Waals surface area contributed by atoms with Crippen molar-refractivity contribution in [1.82, 2.24) is 10.6 Å². The number of carbonyl (C=O) groups is 1. The molecule has 0 saturated heterocycles. The van der Waals surface area contributed by atoms with Gasteiger partial charge in [0.25, 0.3) is 0 Å². The Kier molecular flexibility index (Phi) is 6.90. The van der Waals surface area contributed by atoms with Crippen molar-refractivity contribution in [2.24, 2.45) is 0 Å². The summed E-state index contributed by atoms with van der Waals surface area (Å²) in [5.74, 6) is 1.02. The van der Waals surface area contributed by atoms with Gasteiger partial charge in [-0.3, -0.25) is 4.79 Å². The maximum atomic E-state index is 12.9. The first-order chi connectivity index (χ1) is 11.2. The number of hydrogen-bond acceptors (Lipinski definition) is 3. The monoisotopic (exact) mass is 318 g/mol. The first kappa shape index (κ1) is 17.8. The molecule has 1 aliphatic carbocycles. The van der Waals surface area contributed by atoms with Gasteiger partial charge in [-0.2, -0.15) is 0 Å². The second-order valence-corrected chi connectivity index (χ2v) is 6.38. The Balaban J connectivity index is 2.06. The second-order valence-electron chi connectivity index (χ2n) is 6.38. The Bertz CT molecular complexity index is 479. The van der Waals surface area contributed by atoms with Gasteiger partial charge in [0.1, 0.15) is 5.75 Å². The summed E-state index contributed by atoms with van der Waals surface area (Å²) in [6.45, 7) is 4.67. The van der Waals surface area contributed by atoms with Crippen LogP contribution in [0.2, 0.25) is 0 Å². The van der Waals surface area contributed by atoms with Crippen LogP contribution in [0, 0.1) is 0 Å². The van der Waals surface area contributed by atoms with Gasteiger partial charge >= 0.3 is 0 Å². The van der Waals surface area contributed by atoms with Gasteiger partial charge in [-0.05, 0) is 43.5 Å². The Morgan fingerprint density at radius 1 is 1.09 bits per heavy atom. The number of benzene rings is 1. The normalized spacial score (nSPS) is 16.8. The molecule has 1 fully saturated rings. The number of rotatable bonds is 8. The van der Waals surface area contributed by atoms with Gasteiger partial charge in [0.2, 0.25) is 5.91 Å². The van der Waals surface area contributed by atoms with Crippen molar-refractivity contribution in [2.45, 2.75) is 50.9 Å². The molecule has 2 N–H and O–H groups in total. The lowest BCUT2D eigenvalue weighted by Crippen LogP contribution is -2.47. The van der Waals surface area contributed by atoms with E-state index in [4.69, 9.17) is 4.74 Å². The van der Waals surface area contributed by atoms with Crippen molar-refractivity contribution in [1.29, 1.82) is 0 Å². The Hall–Kier alpha value is -1.55. The van der Waals surface area contributed by atoms with E-state index < -0.39 is 0 Å². The van der Waals surface area contributed by atoms with Gasteiger partial charge in [-0.1, -0.05) is 38.3 Å². The molecule has 128 valence electrons. The minimum atomic E-state index is -0.366. The van der Waals surface area contributed by atoms with Crippen molar-refractivity contribution in [3.8, 4) is 5.75 Å². The van der Waals surface area contributed by atoms with Crippen LogP contribution in [-0.2, 0) is 10.2 Å². The highest BCUT2D eigenvalue weighted by Crippen LogP contribution is 2.40. The molecule has 0 radical (unpaired) electrons. The fourth-order valence-electron chi connectivity index (χ4n) is 3.45. The summed E-state index contributed by atoms with van der Waals surface area (Å²) >= 11 is 0. The number of ether oxygens (including phenoxy) is 1. The summed E-state index contributed by atoms with van der Waals surface area (Å²) in [5.41, 5.74) is 0.756. The van der Waals surface area contributed by atoms with Crippen LogP contribution in [0.25, 0.3) is 0 Å². The van der Waals surface area contributed by atoms with E-state index in [0.29, 0.717) is 6.54 Å². The van der Waals surface area contributed by atoms with Crippen LogP contribution in [-0.4, -0.2) is 32.7 Å². The second kappa shape index (κ2) is 8.92. The number of amides is 1. The van der Waals surface area contributed by atoms with Gasteiger partial charge in [0.05, 0.1) is 12.5 Å². The van der Waals surface area contributed by atoms with E-state index in [0.717, 1.165) is 56.5 Å². The Morgan fingerprint density at radius 3 is 2.39 bits per heavy atom. The molecular formula is C19H30N2O2. The van der Waals surface area contributed by atoms with Gasteiger partial charge < -0.3 is 15.4 Å². The van der Waals surface area contributed by atoms with Crippen molar-refractivity contribution < 1.29 is 9.53 Å². The lowest BCUT2D eigenvalue weighted by Gasteiger charge is -2.36. The maximum Gasteiger partial charge on any atom is 0.230 e. The molecule has 0 spiro atoms. The average Bonchev–Trinajstić information content (AvgIpc) is 2.62. The maximum absolute atomic E-state index is 12.9. The van der Waals surface area contributed by atoms with Crippen LogP contribution < -0.4 is 15.4 Å². The molecule has 0 unspecified atom stereocenters. The number of carbonyl (C=O) groups excluding carboxylic acids is 1. The first-order valence-electron chi connectivity index (χ1n) is 8.86. The summed E-state index contributed by atoms with van der Waals surface area (Å²) in [6.07, 6.45) is 6.45. The van der Waals surface area contributed by atoms with Gasteiger partial charge in [-0.15, -0.1) is 0 Å². The average molecular weight is 318 g/mol. The molecule has 1 aliphatic rings. The van der Waals surface area contributed by atoms with Crippen molar-refractivity contribution in [3.05, 3.63) is 29.8 Å². The quantitative estimate of drug-likeness (QED) is 0.725. The molecule has 0 aromatic heterocycles. The molecule has 2 rings (SSSR count). The van der Waals surface area contributed by atoms with Crippen molar-refractivity contribution in [3.63, 3.8) is 0 Å². The molecule has 0 atom stereocenters. The Labute approximate surface area is 140 Å². The molecule has 0 aliphatic heterocycles. The van der Waals surface area contributed by atoms with Gasteiger partial charge in [-0.25, -0.2) is 0 Å². The zero-order valence-corrected chi connectivity index (χ0v) is 14.5. The lowest BCUT2D eigenvalue weighted by atomic mass is 9.68. The SMILES string of the molecule is CCCNCCNC(=O)C1(c2ccc(OC)cc2)CCCCC1. The summed E-state index contributed by atoms with van der Waals surface area (Å²) in [4.78, 5) is 12.9. The number of nitrogens with one attached hydrogen (secondary N) is 2. The topological polar surface area (TPSA) is 50.4 Å². The van der Waals surface area contributed by atoms with Crippen molar-refractivity contribution in [2.75, 3.05) is 26.7 Å². The van der Waals surface area contributed by atoms with Gasteiger partial charge in [0, 0.05) is 13.1 Å². The smallest absolute Gasteiger partial charge is 0.230 e. The highest BCUT2D eigenvalue weighted by atomic mass is 16.5. The fraction of sp³-hybridized carbons (Fsp3) is 0.632. The third-order valence-corrected chi connectivity index (χ3v) is 4.80. The van der Waals surface area contributed by atoms with Crippen LogP contribution in [0.5, 0.6) is 5.75 Å². The van der Waals surface area contributed by atoms with Crippen LogP contribution in [0.1, 0.15) is 51.0 Å². The minimum absolute atomic E-state index is 0.181.